The van der Waals surface area contributed by atoms with Crippen molar-refractivity contribution in [2.75, 3.05) is 7.11 Å². The van der Waals surface area contributed by atoms with E-state index in [0.717, 1.165) is 0 Å². The standard InChI is InChI=1S/C19H19NO5/c1-23-15-6-2-5-14(11-15)18(21)19(22)20(12-16-7-3-9-24-16)13-17-8-4-10-25-17/h2-11,18,21H,12-13H2,1H3. The number of furan rings is 2. The molecule has 25 heavy (non-hydrogen) atoms. The summed E-state index contributed by atoms with van der Waals surface area (Å²) in [6.45, 7) is 0.459. The fourth-order valence-corrected chi connectivity index (χ4v) is 2.52. The maximum Gasteiger partial charge on any atom is 0.256 e. The van der Waals surface area contributed by atoms with Gasteiger partial charge in [-0.25, -0.2) is 0 Å². The van der Waals surface area contributed by atoms with Gasteiger partial charge in [-0.15, -0.1) is 0 Å². The van der Waals surface area contributed by atoms with Crippen LogP contribution in [-0.2, 0) is 17.9 Å². The van der Waals surface area contributed by atoms with Gasteiger partial charge in [0.05, 0.1) is 32.7 Å². The molecular formula is C19H19NO5. The van der Waals surface area contributed by atoms with Crippen LogP contribution < -0.4 is 4.74 Å². The van der Waals surface area contributed by atoms with Crippen molar-refractivity contribution in [2.24, 2.45) is 0 Å². The Morgan fingerprint density at radius 1 is 1.08 bits per heavy atom. The van der Waals surface area contributed by atoms with Crippen LogP contribution in [0.25, 0.3) is 0 Å². The number of aliphatic hydroxyl groups is 1. The first kappa shape index (κ1) is 16.9. The van der Waals surface area contributed by atoms with Crippen LogP contribution in [0.15, 0.2) is 69.9 Å². The summed E-state index contributed by atoms with van der Waals surface area (Å²) in [5.41, 5.74) is 0.466. The van der Waals surface area contributed by atoms with Crippen LogP contribution in [0.4, 0.5) is 0 Å². The number of nitrogens with zero attached hydrogens (tertiary/aromatic N) is 1. The predicted octanol–water partition coefficient (Wildman–Crippen LogP) is 3.14. The Hall–Kier alpha value is -2.99. The van der Waals surface area contributed by atoms with E-state index in [1.807, 2.05) is 0 Å². The molecule has 1 unspecified atom stereocenters. The normalized spacial score (nSPS) is 11.9. The lowest BCUT2D eigenvalue weighted by Gasteiger charge is -2.24. The highest BCUT2D eigenvalue weighted by Gasteiger charge is 2.25. The van der Waals surface area contributed by atoms with Gasteiger partial charge in [0.25, 0.3) is 5.91 Å². The molecule has 3 aromatic rings. The summed E-state index contributed by atoms with van der Waals surface area (Å²) >= 11 is 0. The van der Waals surface area contributed by atoms with Gasteiger partial charge >= 0.3 is 0 Å². The number of benzene rings is 1. The molecular weight excluding hydrogens is 322 g/mol. The number of carbonyl (C=O) groups excluding carboxylic acids is 1. The number of hydrogen-bond donors (Lipinski definition) is 1. The summed E-state index contributed by atoms with van der Waals surface area (Å²) < 4.78 is 15.8. The van der Waals surface area contributed by atoms with Crippen LogP contribution >= 0.6 is 0 Å². The lowest BCUT2D eigenvalue weighted by molar-refractivity contribution is -0.142. The van der Waals surface area contributed by atoms with Crippen molar-refractivity contribution in [1.82, 2.24) is 4.90 Å². The van der Waals surface area contributed by atoms with Gasteiger partial charge in [0.1, 0.15) is 17.3 Å². The SMILES string of the molecule is COc1cccc(C(O)C(=O)N(Cc2ccco2)Cc2ccco2)c1. The van der Waals surface area contributed by atoms with Crippen LogP contribution in [0.1, 0.15) is 23.2 Å². The quantitative estimate of drug-likeness (QED) is 0.714. The highest BCUT2D eigenvalue weighted by atomic mass is 16.5. The highest BCUT2D eigenvalue weighted by molar-refractivity contribution is 5.82. The molecule has 0 spiro atoms. The zero-order valence-corrected chi connectivity index (χ0v) is 13.8. The van der Waals surface area contributed by atoms with Crippen molar-refractivity contribution in [3.8, 4) is 5.75 Å². The Morgan fingerprint density at radius 2 is 1.72 bits per heavy atom. The first-order valence-corrected chi connectivity index (χ1v) is 7.83. The molecule has 0 saturated carbocycles. The van der Waals surface area contributed by atoms with Crippen LogP contribution in [0.5, 0.6) is 5.75 Å². The minimum Gasteiger partial charge on any atom is -0.497 e. The number of hydrogen-bond acceptors (Lipinski definition) is 5. The maximum absolute atomic E-state index is 12.8. The van der Waals surface area contributed by atoms with Gasteiger partial charge in [-0.05, 0) is 42.0 Å². The number of amides is 1. The van der Waals surface area contributed by atoms with Crippen LogP contribution in [-0.4, -0.2) is 23.0 Å². The minimum absolute atomic E-state index is 0.230. The van der Waals surface area contributed by atoms with E-state index in [-0.39, 0.29) is 13.1 Å². The first-order valence-electron chi connectivity index (χ1n) is 7.83. The van der Waals surface area contributed by atoms with Crippen LogP contribution in [0.2, 0.25) is 0 Å². The summed E-state index contributed by atoms with van der Waals surface area (Å²) in [6.07, 6.45) is 1.78. The van der Waals surface area contributed by atoms with Gasteiger partial charge in [-0.3, -0.25) is 4.79 Å². The fourth-order valence-electron chi connectivity index (χ4n) is 2.52. The van der Waals surface area contributed by atoms with Gasteiger partial charge in [-0.2, -0.15) is 0 Å². The Kier molecular flexibility index (Phi) is 5.20. The lowest BCUT2D eigenvalue weighted by Crippen LogP contribution is -2.34. The van der Waals surface area contributed by atoms with E-state index in [1.54, 1.807) is 61.1 Å². The summed E-state index contributed by atoms with van der Waals surface area (Å²) in [4.78, 5) is 14.3. The second kappa shape index (κ2) is 7.72. The first-order chi connectivity index (χ1) is 12.2. The molecule has 0 bridgehead atoms. The highest BCUT2D eigenvalue weighted by Crippen LogP contribution is 2.23. The Labute approximate surface area is 145 Å². The molecule has 2 aromatic heterocycles. The average molecular weight is 341 g/mol. The van der Waals surface area contributed by atoms with Gasteiger partial charge in [0, 0.05) is 0 Å². The van der Waals surface area contributed by atoms with Gasteiger partial charge in [-0.1, -0.05) is 12.1 Å². The second-order valence-corrected chi connectivity index (χ2v) is 5.53. The molecule has 1 amide bonds. The molecule has 1 N–H and O–H groups in total. The fraction of sp³-hybridized carbons (Fsp3) is 0.211. The van der Waals surface area contributed by atoms with Gasteiger partial charge in [0.2, 0.25) is 0 Å². The third-order valence-corrected chi connectivity index (χ3v) is 3.81. The molecule has 6 heteroatoms. The van der Waals surface area contributed by atoms with E-state index in [9.17, 15) is 9.90 Å². The van der Waals surface area contributed by atoms with Crippen molar-refractivity contribution in [3.05, 3.63) is 78.1 Å². The zero-order chi connectivity index (χ0) is 17.6. The molecule has 3 rings (SSSR count). The van der Waals surface area contributed by atoms with Gasteiger partial charge in [0.15, 0.2) is 6.10 Å². The third kappa shape index (κ3) is 4.10. The van der Waals surface area contributed by atoms with Crippen molar-refractivity contribution in [3.63, 3.8) is 0 Å². The number of methoxy groups -OCH3 is 1. The minimum atomic E-state index is -1.31. The maximum atomic E-state index is 12.8. The van der Waals surface area contributed by atoms with Crippen molar-refractivity contribution in [2.45, 2.75) is 19.2 Å². The molecule has 1 atom stereocenters. The molecule has 0 aliphatic rings. The van der Waals surface area contributed by atoms with E-state index < -0.39 is 12.0 Å². The predicted molar refractivity (Wildman–Crippen MR) is 89.6 cm³/mol. The molecule has 0 aliphatic heterocycles. The molecule has 0 radical (unpaired) electrons. The molecule has 130 valence electrons. The number of carbonyl (C=O) groups is 1. The number of aliphatic hydroxyl groups excluding tert-OH is 1. The number of rotatable bonds is 7. The van der Waals surface area contributed by atoms with E-state index in [4.69, 9.17) is 13.6 Å². The van der Waals surface area contributed by atoms with Gasteiger partial charge < -0.3 is 23.6 Å². The molecule has 2 heterocycles. The summed E-state index contributed by atoms with van der Waals surface area (Å²) in [7, 11) is 1.54. The van der Waals surface area contributed by atoms with Crippen LogP contribution in [0.3, 0.4) is 0 Å². The molecule has 6 nitrogen and oxygen atoms in total. The number of ether oxygens (including phenoxy) is 1. The van der Waals surface area contributed by atoms with Crippen LogP contribution in [0, 0.1) is 0 Å². The molecule has 1 aromatic carbocycles. The van der Waals surface area contributed by atoms with Crippen molar-refractivity contribution >= 4 is 5.91 Å². The van der Waals surface area contributed by atoms with Crippen molar-refractivity contribution in [1.29, 1.82) is 0 Å². The summed E-state index contributed by atoms with van der Waals surface area (Å²) in [5, 5.41) is 10.5. The Balaban J connectivity index is 1.81. The Bertz CT molecular complexity index is 759. The van der Waals surface area contributed by atoms with E-state index >= 15 is 0 Å². The lowest BCUT2D eigenvalue weighted by atomic mass is 10.1. The monoisotopic (exact) mass is 341 g/mol. The van der Waals surface area contributed by atoms with Crippen molar-refractivity contribution < 1.29 is 23.5 Å². The second-order valence-electron chi connectivity index (χ2n) is 5.53. The molecule has 0 fully saturated rings. The van der Waals surface area contributed by atoms with E-state index in [2.05, 4.69) is 0 Å². The van der Waals surface area contributed by atoms with E-state index in [0.29, 0.717) is 22.8 Å². The zero-order valence-electron chi connectivity index (χ0n) is 13.8. The average Bonchev–Trinajstić information content (AvgIpc) is 3.34. The third-order valence-electron chi connectivity index (χ3n) is 3.81. The van der Waals surface area contributed by atoms with E-state index in [1.165, 1.54) is 12.0 Å². The smallest absolute Gasteiger partial charge is 0.256 e. The largest absolute Gasteiger partial charge is 0.497 e. The Morgan fingerprint density at radius 3 is 2.24 bits per heavy atom. The molecule has 0 saturated heterocycles. The summed E-state index contributed by atoms with van der Waals surface area (Å²) in [6, 6.07) is 13.9. The molecule has 0 aliphatic carbocycles. The summed E-state index contributed by atoms with van der Waals surface area (Å²) in [5.74, 6) is 1.38. The topological polar surface area (TPSA) is 76.1 Å².